The van der Waals surface area contributed by atoms with Gasteiger partial charge in [-0.2, -0.15) is 0 Å². The van der Waals surface area contributed by atoms with Crippen LogP contribution in [0.2, 0.25) is 0 Å². The molecule has 27 heavy (non-hydrogen) atoms. The Labute approximate surface area is 159 Å². The number of amides is 2. The summed E-state index contributed by atoms with van der Waals surface area (Å²) >= 11 is 0. The van der Waals surface area contributed by atoms with Crippen molar-refractivity contribution in [3.05, 3.63) is 48.5 Å². The molecule has 2 amide bonds. The average Bonchev–Trinajstić information content (AvgIpc) is 3.28. The number of carbonyl (C=O) groups excluding carboxylic acids is 1. The summed E-state index contributed by atoms with van der Waals surface area (Å²) in [6.07, 6.45) is 7.26. The van der Waals surface area contributed by atoms with E-state index >= 15 is 0 Å². The minimum Gasteiger partial charge on any atom is -0.381 e. The number of urea groups is 1. The van der Waals surface area contributed by atoms with Crippen molar-refractivity contribution in [3.63, 3.8) is 0 Å². The number of nitrogens with zero attached hydrogens (tertiary/aromatic N) is 4. The predicted octanol–water partition coefficient (Wildman–Crippen LogP) is 2.37. The predicted molar refractivity (Wildman–Crippen MR) is 101 cm³/mol. The van der Waals surface area contributed by atoms with Gasteiger partial charge in [0.1, 0.15) is 12.7 Å². The first-order valence-corrected chi connectivity index (χ1v) is 9.77. The topological polar surface area (TPSA) is 72.3 Å². The monoisotopic (exact) mass is 369 g/mol. The number of aromatic nitrogens is 3. The summed E-state index contributed by atoms with van der Waals surface area (Å²) in [4.78, 5) is 14.7. The van der Waals surface area contributed by atoms with E-state index in [0.717, 1.165) is 52.0 Å². The van der Waals surface area contributed by atoms with Gasteiger partial charge in [0.25, 0.3) is 0 Å². The lowest BCUT2D eigenvalue weighted by Gasteiger charge is -2.39. The highest BCUT2D eigenvalue weighted by atomic mass is 16.5. The highest BCUT2D eigenvalue weighted by Crippen LogP contribution is 2.34. The van der Waals surface area contributed by atoms with Crippen LogP contribution in [0.4, 0.5) is 4.79 Å². The number of piperidine rings is 1. The van der Waals surface area contributed by atoms with Crippen LogP contribution in [0.3, 0.4) is 0 Å². The van der Waals surface area contributed by atoms with Crippen molar-refractivity contribution in [2.45, 2.75) is 37.1 Å². The number of ether oxygens (including phenoxy) is 1. The third kappa shape index (κ3) is 3.98. The van der Waals surface area contributed by atoms with Crippen LogP contribution in [0, 0.1) is 0 Å². The normalized spacial score (nSPS) is 20.4. The number of hydrogen-bond acceptors (Lipinski definition) is 4. The molecule has 0 saturated carbocycles. The molecule has 0 bridgehead atoms. The van der Waals surface area contributed by atoms with E-state index in [1.807, 2.05) is 15.5 Å². The molecule has 3 heterocycles. The van der Waals surface area contributed by atoms with Gasteiger partial charge in [0.2, 0.25) is 0 Å². The first-order chi connectivity index (χ1) is 13.3. The Morgan fingerprint density at radius 1 is 1.11 bits per heavy atom. The molecule has 0 unspecified atom stereocenters. The molecule has 2 fully saturated rings. The van der Waals surface area contributed by atoms with E-state index in [0.29, 0.717) is 12.6 Å². The van der Waals surface area contributed by atoms with Crippen LogP contribution in [-0.2, 0) is 10.2 Å². The Bertz CT molecular complexity index is 720. The number of carbonyl (C=O) groups is 1. The maximum Gasteiger partial charge on any atom is 0.317 e. The van der Waals surface area contributed by atoms with Crippen LogP contribution < -0.4 is 5.32 Å². The average molecular weight is 369 g/mol. The fourth-order valence-corrected chi connectivity index (χ4v) is 4.24. The Hall–Kier alpha value is -2.41. The summed E-state index contributed by atoms with van der Waals surface area (Å²) in [5.74, 6) is 0. The first-order valence-electron chi connectivity index (χ1n) is 9.77. The van der Waals surface area contributed by atoms with Crippen molar-refractivity contribution in [2.75, 3.05) is 32.8 Å². The molecular weight excluding hydrogens is 342 g/mol. The van der Waals surface area contributed by atoms with Gasteiger partial charge in [-0.15, -0.1) is 10.2 Å². The molecule has 0 spiro atoms. The molecule has 2 aliphatic rings. The van der Waals surface area contributed by atoms with E-state index in [1.54, 1.807) is 12.7 Å². The summed E-state index contributed by atoms with van der Waals surface area (Å²) in [5.41, 5.74) is 1.26. The molecule has 1 aromatic heterocycles. The molecule has 144 valence electrons. The second kappa shape index (κ2) is 8.08. The van der Waals surface area contributed by atoms with Gasteiger partial charge in [0.05, 0.1) is 0 Å². The fourth-order valence-electron chi connectivity index (χ4n) is 4.24. The molecule has 7 nitrogen and oxygen atoms in total. The molecule has 2 aliphatic heterocycles. The van der Waals surface area contributed by atoms with Gasteiger partial charge in [-0.1, -0.05) is 30.3 Å². The maximum atomic E-state index is 12.8. The molecule has 2 saturated heterocycles. The molecule has 2 aromatic rings. The van der Waals surface area contributed by atoms with Gasteiger partial charge in [0.15, 0.2) is 0 Å². The van der Waals surface area contributed by atoms with Crippen molar-refractivity contribution >= 4 is 6.03 Å². The zero-order valence-corrected chi connectivity index (χ0v) is 15.6. The zero-order chi connectivity index (χ0) is 18.5. The van der Waals surface area contributed by atoms with Gasteiger partial charge in [-0.05, 0) is 31.2 Å². The van der Waals surface area contributed by atoms with Gasteiger partial charge >= 0.3 is 6.03 Å². The second-order valence-corrected chi connectivity index (χ2v) is 7.54. The van der Waals surface area contributed by atoms with Crippen LogP contribution in [0.25, 0.3) is 0 Å². The SMILES string of the molecule is O=C(NCC1(c2ccccc2)CCOCC1)N1CCC(n2cnnc2)CC1. The molecular formula is C20H27N5O2. The second-order valence-electron chi connectivity index (χ2n) is 7.54. The highest BCUT2D eigenvalue weighted by Gasteiger charge is 2.35. The molecule has 4 rings (SSSR count). The van der Waals surface area contributed by atoms with Crippen LogP contribution in [0.1, 0.15) is 37.3 Å². The Morgan fingerprint density at radius 3 is 2.44 bits per heavy atom. The third-order valence-electron chi connectivity index (χ3n) is 6.02. The lowest BCUT2D eigenvalue weighted by Crippen LogP contribution is -2.50. The lowest BCUT2D eigenvalue weighted by atomic mass is 9.74. The van der Waals surface area contributed by atoms with Gasteiger partial charge in [-0.25, -0.2) is 4.79 Å². The van der Waals surface area contributed by atoms with E-state index in [9.17, 15) is 4.79 Å². The summed E-state index contributed by atoms with van der Waals surface area (Å²) < 4.78 is 7.62. The standard InChI is InChI=1S/C20H27N5O2/c26-19(24-10-6-18(7-11-24)25-15-22-23-16-25)21-14-20(8-12-27-13-9-20)17-4-2-1-3-5-17/h1-5,15-16,18H,6-14H2,(H,21,26). The summed E-state index contributed by atoms with van der Waals surface area (Å²) in [6.45, 7) is 3.67. The van der Waals surface area contributed by atoms with E-state index in [-0.39, 0.29) is 11.4 Å². The van der Waals surface area contributed by atoms with Crippen LogP contribution in [0.5, 0.6) is 0 Å². The molecule has 7 heteroatoms. The number of nitrogens with one attached hydrogen (secondary N) is 1. The Morgan fingerprint density at radius 2 is 1.78 bits per heavy atom. The molecule has 1 N–H and O–H groups in total. The van der Waals surface area contributed by atoms with E-state index in [4.69, 9.17) is 4.74 Å². The molecule has 0 radical (unpaired) electrons. The number of likely N-dealkylation sites (tertiary alicyclic amines) is 1. The van der Waals surface area contributed by atoms with Crippen molar-refractivity contribution < 1.29 is 9.53 Å². The van der Waals surface area contributed by atoms with Crippen molar-refractivity contribution in [1.82, 2.24) is 25.0 Å². The van der Waals surface area contributed by atoms with Crippen LogP contribution >= 0.6 is 0 Å². The zero-order valence-electron chi connectivity index (χ0n) is 15.6. The summed E-state index contributed by atoms with van der Waals surface area (Å²) in [5, 5.41) is 11.0. The smallest absolute Gasteiger partial charge is 0.317 e. The van der Waals surface area contributed by atoms with Gasteiger partial charge in [-0.3, -0.25) is 0 Å². The van der Waals surface area contributed by atoms with Crippen LogP contribution in [0.15, 0.2) is 43.0 Å². The van der Waals surface area contributed by atoms with Gasteiger partial charge < -0.3 is 19.5 Å². The van der Waals surface area contributed by atoms with Crippen molar-refractivity contribution in [3.8, 4) is 0 Å². The van der Waals surface area contributed by atoms with Gasteiger partial charge in [0, 0.05) is 44.3 Å². The minimum absolute atomic E-state index is 0.0318. The van der Waals surface area contributed by atoms with E-state index in [1.165, 1.54) is 5.56 Å². The molecule has 0 atom stereocenters. The largest absolute Gasteiger partial charge is 0.381 e. The fraction of sp³-hybridized carbons (Fsp3) is 0.550. The first kappa shape index (κ1) is 18.0. The Kier molecular flexibility index (Phi) is 5.38. The van der Waals surface area contributed by atoms with Crippen LogP contribution in [-0.4, -0.2) is 58.5 Å². The quantitative estimate of drug-likeness (QED) is 0.898. The maximum absolute atomic E-state index is 12.8. The highest BCUT2D eigenvalue weighted by molar-refractivity contribution is 5.74. The summed E-state index contributed by atoms with van der Waals surface area (Å²) in [6, 6.07) is 10.9. The molecule has 0 aliphatic carbocycles. The van der Waals surface area contributed by atoms with E-state index < -0.39 is 0 Å². The van der Waals surface area contributed by atoms with Crippen molar-refractivity contribution in [1.29, 1.82) is 0 Å². The number of rotatable bonds is 4. The number of hydrogen-bond donors (Lipinski definition) is 1. The Balaban J connectivity index is 1.35. The van der Waals surface area contributed by atoms with Crippen molar-refractivity contribution in [2.24, 2.45) is 0 Å². The minimum atomic E-state index is -0.0318. The molecule has 1 aromatic carbocycles. The van der Waals surface area contributed by atoms with E-state index in [2.05, 4.69) is 39.8 Å². The summed E-state index contributed by atoms with van der Waals surface area (Å²) in [7, 11) is 0. The number of benzene rings is 1. The third-order valence-corrected chi connectivity index (χ3v) is 6.02. The lowest BCUT2D eigenvalue weighted by molar-refractivity contribution is 0.0499.